The Bertz CT molecular complexity index is 472. The molecule has 2 N–H and O–H groups in total. The fourth-order valence-corrected chi connectivity index (χ4v) is 2.84. The number of anilines is 1. The van der Waals surface area contributed by atoms with Crippen LogP contribution in [0.5, 0.6) is 0 Å². The highest BCUT2D eigenvalue weighted by atomic mass is 35.5. The maximum absolute atomic E-state index is 12.5. The molecule has 1 unspecified atom stereocenters. The largest absolute Gasteiger partial charge is 0.322 e. The minimum Gasteiger partial charge on any atom is -0.322 e. The smallest absolute Gasteiger partial charge is 0.322 e. The van der Waals surface area contributed by atoms with Gasteiger partial charge in [-0.05, 0) is 63.9 Å². The second-order valence-corrected chi connectivity index (χ2v) is 6.34. The van der Waals surface area contributed by atoms with Gasteiger partial charge in [0.15, 0.2) is 0 Å². The van der Waals surface area contributed by atoms with Crippen molar-refractivity contribution in [3.05, 3.63) is 29.3 Å². The number of piperidine rings is 1. The van der Waals surface area contributed by atoms with E-state index in [-0.39, 0.29) is 12.1 Å². The van der Waals surface area contributed by atoms with Crippen LogP contribution in [0, 0.1) is 5.92 Å². The first-order valence-corrected chi connectivity index (χ1v) is 7.98. The van der Waals surface area contributed by atoms with E-state index in [1.165, 1.54) is 12.8 Å². The van der Waals surface area contributed by atoms with Gasteiger partial charge in [0.1, 0.15) is 0 Å². The van der Waals surface area contributed by atoms with Crippen LogP contribution in [0.25, 0.3) is 0 Å². The Hall–Kier alpha value is -1.26. The standard InChI is InChI=1S/C16H24ClN3O/c1-12(2)20(11-13-5-4-8-18-10-13)16(21)19-15-7-3-6-14(17)9-15/h3,6-7,9,12-13,18H,4-5,8,10-11H2,1-2H3,(H,19,21). The van der Waals surface area contributed by atoms with Crippen LogP contribution in [-0.4, -0.2) is 36.6 Å². The van der Waals surface area contributed by atoms with E-state index >= 15 is 0 Å². The Morgan fingerprint density at radius 1 is 1.52 bits per heavy atom. The molecule has 0 bridgehead atoms. The normalized spacial score (nSPS) is 18.6. The number of carbonyl (C=O) groups is 1. The van der Waals surface area contributed by atoms with Gasteiger partial charge in [-0.1, -0.05) is 17.7 Å². The first-order valence-electron chi connectivity index (χ1n) is 7.60. The van der Waals surface area contributed by atoms with Crippen molar-refractivity contribution in [2.75, 3.05) is 25.0 Å². The maximum atomic E-state index is 12.5. The predicted molar refractivity (Wildman–Crippen MR) is 87.9 cm³/mol. The van der Waals surface area contributed by atoms with Crippen molar-refractivity contribution in [2.24, 2.45) is 5.92 Å². The summed E-state index contributed by atoms with van der Waals surface area (Å²) in [6, 6.07) is 7.36. The Balaban J connectivity index is 1.98. The van der Waals surface area contributed by atoms with E-state index in [0.717, 1.165) is 25.3 Å². The van der Waals surface area contributed by atoms with Crippen molar-refractivity contribution in [2.45, 2.75) is 32.7 Å². The molecule has 1 aliphatic heterocycles. The molecule has 0 saturated carbocycles. The molecule has 1 aromatic rings. The second kappa shape index (κ2) is 7.66. The highest BCUT2D eigenvalue weighted by molar-refractivity contribution is 6.30. The van der Waals surface area contributed by atoms with E-state index in [4.69, 9.17) is 11.6 Å². The lowest BCUT2D eigenvalue weighted by Crippen LogP contribution is -2.46. The summed E-state index contributed by atoms with van der Waals surface area (Å²) < 4.78 is 0. The lowest BCUT2D eigenvalue weighted by molar-refractivity contribution is 0.176. The molecular weight excluding hydrogens is 286 g/mol. The van der Waals surface area contributed by atoms with E-state index in [9.17, 15) is 4.79 Å². The average molecular weight is 310 g/mol. The summed E-state index contributed by atoms with van der Waals surface area (Å²) in [5, 5.41) is 6.96. The second-order valence-electron chi connectivity index (χ2n) is 5.90. The van der Waals surface area contributed by atoms with Gasteiger partial charge >= 0.3 is 6.03 Å². The van der Waals surface area contributed by atoms with Crippen LogP contribution in [0.15, 0.2) is 24.3 Å². The molecule has 1 saturated heterocycles. The van der Waals surface area contributed by atoms with E-state index in [1.807, 2.05) is 30.9 Å². The number of halogens is 1. The van der Waals surface area contributed by atoms with Crippen LogP contribution in [0.3, 0.4) is 0 Å². The third-order valence-corrected chi connectivity index (χ3v) is 4.05. The third kappa shape index (κ3) is 4.90. The molecular formula is C16H24ClN3O. The topological polar surface area (TPSA) is 44.4 Å². The summed E-state index contributed by atoms with van der Waals surface area (Å²) >= 11 is 5.95. The number of urea groups is 1. The van der Waals surface area contributed by atoms with Crippen LogP contribution < -0.4 is 10.6 Å². The number of hydrogen-bond donors (Lipinski definition) is 2. The van der Waals surface area contributed by atoms with Crippen molar-refractivity contribution in [1.29, 1.82) is 0 Å². The van der Waals surface area contributed by atoms with Crippen molar-refractivity contribution in [3.63, 3.8) is 0 Å². The molecule has 0 spiro atoms. The van der Waals surface area contributed by atoms with E-state index in [1.54, 1.807) is 12.1 Å². The van der Waals surface area contributed by atoms with Crippen molar-refractivity contribution in [3.8, 4) is 0 Å². The highest BCUT2D eigenvalue weighted by Gasteiger charge is 2.22. The molecule has 1 aromatic carbocycles. The summed E-state index contributed by atoms with van der Waals surface area (Å²) in [7, 11) is 0. The fourth-order valence-electron chi connectivity index (χ4n) is 2.65. The molecule has 1 fully saturated rings. The minimum atomic E-state index is -0.0576. The zero-order valence-corrected chi connectivity index (χ0v) is 13.5. The Morgan fingerprint density at radius 2 is 2.33 bits per heavy atom. The first kappa shape index (κ1) is 16.1. The summed E-state index contributed by atoms with van der Waals surface area (Å²) in [4.78, 5) is 14.4. The SMILES string of the molecule is CC(C)N(CC1CCCNC1)C(=O)Nc1cccc(Cl)c1. The van der Waals surface area contributed by atoms with Crippen molar-refractivity contribution in [1.82, 2.24) is 10.2 Å². The number of carbonyl (C=O) groups excluding carboxylic acids is 1. The molecule has 116 valence electrons. The Morgan fingerprint density at radius 3 is 2.95 bits per heavy atom. The number of nitrogens with one attached hydrogen (secondary N) is 2. The maximum Gasteiger partial charge on any atom is 0.322 e. The summed E-state index contributed by atoms with van der Waals surface area (Å²) in [6.45, 7) is 6.97. The molecule has 5 heteroatoms. The summed E-state index contributed by atoms with van der Waals surface area (Å²) in [5.41, 5.74) is 0.736. The zero-order chi connectivity index (χ0) is 15.2. The Labute approximate surface area is 131 Å². The van der Waals surface area contributed by atoms with E-state index in [2.05, 4.69) is 10.6 Å². The molecule has 4 nitrogen and oxygen atoms in total. The number of amides is 2. The molecule has 0 radical (unpaired) electrons. The van der Waals surface area contributed by atoms with Crippen molar-refractivity contribution >= 4 is 23.3 Å². The summed E-state index contributed by atoms with van der Waals surface area (Å²) in [5.74, 6) is 0.534. The fraction of sp³-hybridized carbons (Fsp3) is 0.562. The van der Waals surface area contributed by atoms with Crippen LogP contribution in [0.4, 0.5) is 10.5 Å². The molecule has 2 amide bonds. The molecule has 0 aromatic heterocycles. The van der Waals surface area contributed by atoms with Gasteiger partial charge in [-0.15, -0.1) is 0 Å². The molecule has 2 rings (SSSR count). The summed E-state index contributed by atoms with van der Waals surface area (Å²) in [6.07, 6.45) is 2.37. The van der Waals surface area contributed by atoms with Gasteiger partial charge in [0.05, 0.1) is 0 Å². The highest BCUT2D eigenvalue weighted by Crippen LogP contribution is 2.18. The molecule has 1 heterocycles. The average Bonchev–Trinajstić information content (AvgIpc) is 2.45. The van der Waals surface area contributed by atoms with Gasteiger partial charge in [0.2, 0.25) is 0 Å². The minimum absolute atomic E-state index is 0.0576. The third-order valence-electron chi connectivity index (χ3n) is 3.81. The van der Waals surface area contributed by atoms with Crippen molar-refractivity contribution < 1.29 is 4.79 Å². The van der Waals surface area contributed by atoms with Gasteiger partial charge in [-0.3, -0.25) is 0 Å². The quantitative estimate of drug-likeness (QED) is 0.893. The molecule has 21 heavy (non-hydrogen) atoms. The number of benzene rings is 1. The van der Waals surface area contributed by atoms with Crippen LogP contribution in [0.2, 0.25) is 5.02 Å². The zero-order valence-electron chi connectivity index (χ0n) is 12.7. The van der Waals surface area contributed by atoms with Crippen LogP contribution in [-0.2, 0) is 0 Å². The molecule has 0 aliphatic carbocycles. The lowest BCUT2D eigenvalue weighted by atomic mass is 9.99. The van der Waals surface area contributed by atoms with Gasteiger partial charge in [-0.25, -0.2) is 4.79 Å². The van der Waals surface area contributed by atoms with E-state index < -0.39 is 0 Å². The Kier molecular flexibility index (Phi) is 5.88. The van der Waals surface area contributed by atoms with Crippen LogP contribution >= 0.6 is 11.6 Å². The predicted octanol–water partition coefficient (Wildman–Crippen LogP) is 3.58. The van der Waals surface area contributed by atoms with Gasteiger partial charge in [-0.2, -0.15) is 0 Å². The number of rotatable bonds is 4. The van der Waals surface area contributed by atoms with Gasteiger partial charge in [0, 0.05) is 23.3 Å². The monoisotopic (exact) mass is 309 g/mol. The van der Waals surface area contributed by atoms with Gasteiger partial charge in [0.25, 0.3) is 0 Å². The lowest BCUT2D eigenvalue weighted by Gasteiger charge is -2.33. The molecule has 1 atom stereocenters. The van der Waals surface area contributed by atoms with Gasteiger partial charge < -0.3 is 15.5 Å². The number of hydrogen-bond acceptors (Lipinski definition) is 2. The van der Waals surface area contributed by atoms with E-state index in [0.29, 0.717) is 10.9 Å². The number of nitrogens with zero attached hydrogens (tertiary/aromatic N) is 1. The van der Waals surface area contributed by atoms with Crippen LogP contribution in [0.1, 0.15) is 26.7 Å². The molecule has 1 aliphatic rings. The first-order chi connectivity index (χ1) is 10.1.